The third kappa shape index (κ3) is 3.64. The molecule has 1 aliphatic heterocycles. The van der Waals surface area contributed by atoms with Gasteiger partial charge in [0.05, 0.1) is 12.0 Å². The molecule has 2 aromatic carbocycles. The van der Waals surface area contributed by atoms with Crippen LogP contribution in [0.25, 0.3) is 0 Å². The second-order valence-electron chi connectivity index (χ2n) is 9.24. The van der Waals surface area contributed by atoms with Gasteiger partial charge >= 0.3 is 5.97 Å². The highest BCUT2D eigenvalue weighted by Crippen LogP contribution is 2.51. The number of ether oxygens (including phenoxy) is 1. The first kappa shape index (κ1) is 18.6. The molecule has 3 aliphatic rings. The molecule has 5 heteroatoms. The first-order valence-electron chi connectivity index (χ1n) is 10.4. The number of aliphatic carboxylic acids is 1. The van der Waals surface area contributed by atoms with Crippen molar-refractivity contribution >= 4 is 5.97 Å². The molecule has 0 radical (unpaired) electrons. The van der Waals surface area contributed by atoms with Crippen LogP contribution >= 0.6 is 0 Å². The van der Waals surface area contributed by atoms with Crippen LogP contribution in [0.2, 0.25) is 0 Å². The van der Waals surface area contributed by atoms with Gasteiger partial charge in [-0.1, -0.05) is 18.2 Å². The van der Waals surface area contributed by atoms with Crippen LogP contribution < -0.4 is 4.74 Å². The fraction of sp³-hybridized carbons (Fsp3) is 0.458. The van der Waals surface area contributed by atoms with E-state index in [2.05, 4.69) is 17.0 Å². The molecule has 0 unspecified atom stereocenters. The number of carboxylic acid groups (broad SMARTS) is 1. The first-order chi connectivity index (χ1) is 14.0. The van der Waals surface area contributed by atoms with Gasteiger partial charge in [-0.3, -0.25) is 4.79 Å². The Balaban J connectivity index is 1.15. The molecule has 0 bridgehead atoms. The molecular weight excluding hydrogens is 369 g/mol. The minimum Gasteiger partial charge on any atom is -0.493 e. The van der Waals surface area contributed by atoms with Gasteiger partial charge in [0.2, 0.25) is 0 Å². The van der Waals surface area contributed by atoms with Crippen molar-refractivity contribution in [3.8, 4) is 5.75 Å². The van der Waals surface area contributed by atoms with Crippen molar-refractivity contribution in [3.05, 3.63) is 65.0 Å². The molecule has 2 fully saturated rings. The topological polar surface area (TPSA) is 49.8 Å². The highest BCUT2D eigenvalue weighted by molar-refractivity contribution is 5.78. The molecule has 2 aromatic rings. The number of fused-ring (bicyclic) bond motifs is 1. The minimum absolute atomic E-state index is 0.212. The van der Waals surface area contributed by atoms with Crippen molar-refractivity contribution in [2.75, 3.05) is 26.2 Å². The summed E-state index contributed by atoms with van der Waals surface area (Å²) in [4.78, 5) is 13.7. The number of nitrogens with zero attached hydrogens (tertiary/aromatic N) is 1. The highest BCUT2D eigenvalue weighted by atomic mass is 19.1. The number of rotatable bonds is 7. The van der Waals surface area contributed by atoms with Gasteiger partial charge in [-0.25, -0.2) is 4.39 Å². The molecule has 0 aromatic heterocycles. The molecule has 2 aliphatic carbocycles. The smallest absolute Gasteiger partial charge is 0.310 e. The van der Waals surface area contributed by atoms with E-state index in [1.807, 2.05) is 12.1 Å². The van der Waals surface area contributed by atoms with Crippen LogP contribution in [0.5, 0.6) is 5.75 Å². The Morgan fingerprint density at radius 2 is 1.90 bits per heavy atom. The number of carboxylic acids is 1. The molecular formula is C24H26FNO3. The van der Waals surface area contributed by atoms with Crippen molar-refractivity contribution in [1.29, 1.82) is 0 Å². The maximum Gasteiger partial charge on any atom is 0.310 e. The molecule has 152 valence electrons. The Hall–Kier alpha value is -2.40. The van der Waals surface area contributed by atoms with Crippen LogP contribution in [0.4, 0.5) is 4.39 Å². The number of benzene rings is 2. The summed E-state index contributed by atoms with van der Waals surface area (Å²) < 4.78 is 19.2. The van der Waals surface area contributed by atoms with Gasteiger partial charge in [-0.2, -0.15) is 0 Å². The van der Waals surface area contributed by atoms with Crippen LogP contribution in [-0.4, -0.2) is 42.2 Å². The van der Waals surface area contributed by atoms with Gasteiger partial charge in [0, 0.05) is 31.5 Å². The van der Waals surface area contributed by atoms with Gasteiger partial charge in [-0.15, -0.1) is 0 Å². The van der Waals surface area contributed by atoms with Crippen LogP contribution in [0, 0.1) is 16.6 Å². The Labute approximate surface area is 170 Å². The van der Waals surface area contributed by atoms with E-state index < -0.39 is 11.4 Å². The van der Waals surface area contributed by atoms with E-state index in [-0.39, 0.29) is 11.2 Å². The van der Waals surface area contributed by atoms with E-state index in [1.165, 1.54) is 17.2 Å². The zero-order chi connectivity index (χ0) is 20.1. The molecule has 1 spiro atoms. The highest BCUT2D eigenvalue weighted by Gasteiger charge is 2.55. The number of hydrogen-bond donors (Lipinski definition) is 1. The summed E-state index contributed by atoms with van der Waals surface area (Å²) >= 11 is 0. The normalized spacial score (nSPS) is 20.9. The van der Waals surface area contributed by atoms with Crippen molar-refractivity contribution in [2.45, 2.75) is 32.1 Å². The van der Waals surface area contributed by atoms with Crippen LogP contribution in [-0.2, 0) is 24.1 Å². The maximum absolute atomic E-state index is 13.3. The van der Waals surface area contributed by atoms with E-state index in [0.29, 0.717) is 19.6 Å². The third-order valence-corrected chi connectivity index (χ3v) is 6.81. The fourth-order valence-corrected chi connectivity index (χ4v) is 5.14. The van der Waals surface area contributed by atoms with E-state index in [4.69, 9.17) is 4.74 Å². The maximum atomic E-state index is 13.3. The molecule has 1 heterocycles. The van der Waals surface area contributed by atoms with Crippen molar-refractivity contribution in [3.63, 3.8) is 0 Å². The monoisotopic (exact) mass is 395 g/mol. The number of carbonyl (C=O) groups is 1. The minimum atomic E-state index is -0.631. The second-order valence-corrected chi connectivity index (χ2v) is 9.24. The number of likely N-dealkylation sites (tertiary alicyclic amines) is 1. The number of hydrogen-bond acceptors (Lipinski definition) is 3. The van der Waals surface area contributed by atoms with Gasteiger partial charge in [0.1, 0.15) is 11.6 Å². The molecule has 1 saturated carbocycles. The number of halogens is 1. The van der Waals surface area contributed by atoms with Gasteiger partial charge < -0.3 is 14.7 Å². The summed E-state index contributed by atoms with van der Waals surface area (Å²) in [6.07, 6.45) is 4.44. The van der Waals surface area contributed by atoms with Gasteiger partial charge in [0.15, 0.2) is 0 Å². The van der Waals surface area contributed by atoms with Crippen LogP contribution in [0.15, 0.2) is 42.5 Å². The average Bonchev–Trinajstić information content (AvgIpc) is 3.34. The lowest BCUT2D eigenvalue weighted by molar-refractivity contribution is -0.145. The van der Waals surface area contributed by atoms with Gasteiger partial charge in [0.25, 0.3) is 0 Å². The third-order valence-electron chi connectivity index (χ3n) is 6.81. The Bertz CT molecular complexity index is 947. The Morgan fingerprint density at radius 1 is 1.10 bits per heavy atom. The van der Waals surface area contributed by atoms with Crippen molar-refractivity contribution in [1.82, 2.24) is 4.90 Å². The predicted octanol–water partition coefficient (Wildman–Crippen LogP) is 3.71. The molecule has 5 rings (SSSR count). The summed E-state index contributed by atoms with van der Waals surface area (Å²) in [6.45, 7) is 3.21. The summed E-state index contributed by atoms with van der Waals surface area (Å²) in [5.41, 5.74) is 3.50. The van der Waals surface area contributed by atoms with Crippen molar-refractivity contribution < 1.29 is 19.0 Å². The summed E-state index contributed by atoms with van der Waals surface area (Å²) in [5.74, 6) is 0.0280. The zero-order valence-corrected chi connectivity index (χ0v) is 16.5. The van der Waals surface area contributed by atoms with E-state index in [1.54, 1.807) is 12.1 Å². The molecule has 0 atom stereocenters. The first-order valence-corrected chi connectivity index (χ1v) is 10.4. The van der Waals surface area contributed by atoms with E-state index in [9.17, 15) is 14.3 Å². The Morgan fingerprint density at radius 3 is 2.62 bits per heavy atom. The van der Waals surface area contributed by atoms with Crippen molar-refractivity contribution in [2.24, 2.45) is 10.8 Å². The lowest BCUT2D eigenvalue weighted by atomic mass is 9.76. The SMILES string of the molecule is O=C(O)C1(CN2CC3(Cc4ccc(OCCc5cccc(F)c5)cc4C3)C2)CC1. The predicted molar refractivity (Wildman–Crippen MR) is 108 cm³/mol. The standard InChI is InChI=1S/C24H26FNO3/c25-20-3-1-2-17(10-20)6-9-29-21-5-4-18-12-23(13-19(18)11-21)14-26(15-23)16-24(7-8-24)22(27)28/h1-5,10-11H,6-9,12-16H2,(H,27,28). The quantitative estimate of drug-likeness (QED) is 0.777. The molecule has 29 heavy (non-hydrogen) atoms. The lowest BCUT2D eigenvalue weighted by Crippen LogP contribution is -2.58. The van der Waals surface area contributed by atoms with Crippen LogP contribution in [0.3, 0.4) is 0 Å². The summed E-state index contributed by atoms with van der Waals surface area (Å²) in [5, 5.41) is 9.40. The zero-order valence-electron chi connectivity index (χ0n) is 16.5. The largest absolute Gasteiger partial charge is 0.493 e. The summed E-state index contributed by atoms with van der Waals surface area (Å²) in [6, 6.07) is 13.0. The molecule has 0 amide bonds. The van der Waals surface area contributed by atoms with Crippen LogP contribution in [0.1, 0.15) is 29.5 Å². The molecule has 1 N–H and O–H groups in total. The summed E-state index contributed by atoms with van der Waals surface area (Å²) in [7, 11) is 0. The molecule has 4 nitrogen and oxygen atoms in total. The van der Waals surface area contributed by atoms with Gasteiger partial charge in [-0.05, 0) is 66.6 Å². The average molecular weight is 395 g/mol. The molecule has 1 saturated heterocycles. The fourth-order valence-electron chi connectivity index (χ4n) is 5.14. The van der Waals surface area contributed by atoms with E-state index in [0.717, 1.165) is 50.1 Å². The lowest BCUT2D eigenvalue weighted by Gasteiger charge is -2.49. The van der Waals surface area contributed by atoms with E-state index >= 15 is 0 Å². The second kappa shape index (κ2) is 6.84. The Kier molecular flexibility index (Phi) is 4.39.